The van der Waals surface area contributed by atoms with Crippen molar-refractivity contribution in [1.82, 2.24) is 5.06 Å². The van der Waals surface area contributed by atoms with Crippen molar-refractivity contribution in [2.24, 2.45) is 0 Å². The van der Waals surface area contributed by atoms with Gasteiger partial charge in [0.2, 0.25) is 0 Å². The Balaban J connectivity index is 0. The van der Waals surface area contributed by atoms with Crippen LogP contribution in [0, 0.1) is 15.5 Å². The Bertz CT molecular complexity index is 210. The standard InChI is InChI=1S/C9H18NO.ClHO4.Na/c1-8(2)6-5-7-9(3,4)10(8)11;2-1(3,4)5;/h5-7H2,1-4H3;(H,2,3,4,5);/q-1;;+1. The smallest absolute Gasteiger partial charge is 0.784 e. The maximum Gasteiger partial charge on any atom is 1.00 e. The zero-order valence-electron chi connectivity index (χ0n) is 11.0. The van der Waals surface area contributed by atoms with E-state index < -0.39 is 10.2 Å². The van der Waals surface area contributed by atoms with Gasteiger partial charge in [0.25, 0.3) is 0 Å². The fourth-order valence-electron chi connectivity index (χ4n) is 1.98. The SMILES string of the molecule is CC1(C)CCCC(C)(C)N1[O-].[Na+].[O-][Cl+3]([O-])([O-])O. The average molecular weight is 280 g/mol. The summed E-state index contributed by atoms with van der Waals surface area (Å²) < 4.78 is 32.7. The van der Waals surface area contributed by atoms with Crippen LogP contribution in [0.5, 0.6) is 0 Å². The van der Waals surface area contributed by atoms with Gasteiger partial charge in [-0.15, -0.1) is 0 Å². The molecule has 0 saturated carbocycles. The maximum absolute atomic E-state index is 11.7. The van der Waals surface area contributed by atoms with Crippen LogP contribution in [-0.4, -0.2) is 20.8 Å². The van der Waals surface area contributed by atoms with Gasteiger partial charge < -0.3 is 10.3 Å². The molecule has 0 unspecified atom stereocenters. The maximum atomic E-state index is 11.7. The van der Waals surface area contributed by atoms with Crippen LogP contribution in [0.25, 0.3) is 0 Å². The van der Waals surface area contributed by atoms with Crippen LogP contribution < -0.4 is 43.5 Å². The summed E-state index contributed by atoms with van der Waals surface area (Å²) in [7, 11) is -4.69. The molecule has 0 spiro atoms. The van der Waals surface area contributed by atoms with E-state index in [9.17, 15) is 5.21 Å². The zero-order chi connectivity index (χ0) is 13.2. The number of hydroxylamine groups is 2. The van der Waals surface area contributed by atoms with Gasteiger partial charge in [-0.25, -0.2) is 0 Å². The van der Waals surface area contributed by atoms with E-state index in [-0.39, 0.29) is 40.6 Å². The van der Waals surface area contributed by atoms with E-state index in [0.29, 0.717) is 0 Å². The Hall–Kier alpha value is 1.05. The molecule has 1 fully saturated rings. The number of hydrogen-bond acceptors (Lipinski definition) is 6. The molecule has 1 N–H and O–H groups in total. The summed E-state index contributed by atoms with van der Waals surface area (Å²) >= 11 is 0. The first-order chi connectivity index (χ1) is 6.86. The van der Waals surface area contributed by atoms with Gasteiger partial charge in [-0.05, 0) is 47.0 Å². The first-order valence-corrected chi connectivity index (χ1v) is 6.23. The predicted octanol–water partition coefficient (Wildman–Crippen LogP) is -4.59. The second kappa shape index (κ2) is 7.00. The molecule has 0 aromatic rings. The largest absolute Gasteiger partial charge is 1.00 e. The Kier molecular flexibility index (Phi) is 8.39. The van der Waals surface area contributed by atoms with E-state index in [1.165, 1.54) is 11.5 Å². The molecule has 0 amide bonds. The molecule has 1 saturated heterocycles. The molecule has 0 aliphatic carbocycles. The van der Waals surface area contributed by atoms with Gasteiger partial charge in [0.1, 0.15) is 0 Å². The molecule has 1 rings (SSSR count). The minimum absolute atomic E-state index is 0. The number of halogens is 1. The van der Waals surface area contributed by atoms with Crippen LogP contribution in [0.4, 0.5) is 0 Å². The van der Waals surface area contributed by atoms with E-state index in [4.69, 9.17) is 18.6 Å². The molecule has 0 radical (unpaired) electrons. The molecule has 8 heteroatoms. The van der Waals surface area contributed by atoms with Crippen molar-refractivity contribution < 1.29 is 58.4 Å². The molecule has 0 bridgehead atoms. The summed E-state index contributed by atoms with van der Waals surface area (Å²) in [6.07, 6.45) is 3.23. The van der Waals surface area contributed by atoms with Gasteiger partial charge in [0.15, 0.2) is 0 Å². The Morgan fingerprint density at radius 1 is 1.00 bits per heavy atom. The third-order valence-corrected chi connectivity index (χ3v) is 2.68. The molecule has 1 heterocycles. The monoisotopic (exact) mass is 279 g/mol. The first-order valence-electron chi connectivity index (χ1n) is 4.97. The number of nitrogens with zero attached hydrogens (tertiary/aromatic N) is 1. The quantitative estimate of drug-likeness (QED) is 0.446. The van der Waals surface area contributed by atoms with Crippen LogP contribution in [0.15, 0.2) is 0 Å². The molecule has 0 aromatic heterocycles. The summed E-state index contributed by atoms with van der Waals surface area (Å²) in [5.41, 5.74) is -0.302. The Morgan fingerprint density at radius 3 is 1.41 bits per heavy atom. The summed E-state index contributed by atoms with van der Waals surface area (Å²) in [5.74, 6) is 0. The summed E-state index contributed by atoms with van der Waals surface area (Å²) in [5, 5.41) is 13.0. The number of hydrogen-bond donors (Lipinski definition) is 1. The van der Waals surface area contributed by atoms with Crippen LogP contribution in [0.3, 0.4) is 0 Å². The summed E-state index contributed by atoms with van der Waals surface area (Å²) in [6.45, 7) is 8.11. The van der Waals surface area contributed by atoms with Crippen LogP contribution >= 0.6 is 0 Å². The summed E-state index contributed by atoms with van der Waals surface area (Å²) in [6, 6.07) is 0. The van der Waals surface area contributed by atoms with E-state index in [1.807, 2.05) is 27.7 Å². The molecule has 0 atom stereocenters. The predicted molar refractivity (Wildman–Crippen MR) is 49.4 cm³/mol. The average Bonchev–Trinajstić information content (AvgIpc) is 1.96. The van der Waals surface area contributed by atoms with E-state index in [0.717, 1.165) is 12.8 Å². The minimum Gasteiger partial charge on any atom is -0.784 e. The normalized spacial score (nSPS) is 23.1. The second-order valence-corrected chi connectivity index (χ2v) is 5.96. The van der Waals surface area contributed by atoms with Gasteiger partial charge >= 0.3 is 29.6 Å². The van der Waals surface area contributed by atoms with Crippen molar-refractivity contribution in [3.8, 4) is 0 Å². The topological polar surface area (TPSA) is 116 Å². The van der Waals surface area contributed by atoms with Crippen LogP contribution in [0.1, 0.15) is 47.0 Å². The van der Waals surface area contributed by atoms with Crippen molar-refractivity contribution in [2.45, 2.75) is 58.0 Å². The van der Waals surface area contributed by atoms with Crippen molar-refractivity contribution in [3.05, 3.63) is 5.21 Å². The van der Waals surface area contributed by atoms with Crippen molar-refractivity contribution in [1.29, 1.82) is 0 Å². The van der Waals surface area contributed by atoms with Gasteiger partial charge in [-0.3, -0.25) is 0 Å². The fourth-order valence-corrected chi connectivity index (χ4v) is 1.98. The van der Waals surface area contributed by atoms with Gasteiger partial charge in [0, 0.05) is 11.1 Å². The Morgan fingerprint density at radius 2 is 1.24 bits per heavy atom. The van der Waals surface area contributed by atoms with Gasteiger partial charge in [-0.2, -0.15) is 14.0 Å². The van der Waals surface area contributed by atoms with Crippen LogP contribution in [-0.2, 0) is 0 Å². The van der Waals surface area contributed by atoms with Crippen molar-refractivity contribution >= 4 is 0 Å². The molecule has 0 aromatic carbocycles. The van der Waals surface area contributed by atoms with Crippen molar-refractivity contribution in [3.63, 3.8) is 0 Å². The zero-order valence-corrected chi connectivity index (χ0v) is 13.8. The molecule has 1 aliphatic heterocycles. The van der Waals surface area contributed by atoms with Gasteiger partial charge in [-0.1, -0.05) is 0 Å². The first kappa shape index (κ1) is 20.4. The van der Waals surface area contributed by atoms with Crippen molar-refractivity contribution in [2.75, 3.05) is 0 Å². The summed E-state index contributed by atoms with van der Waals surface area (Å²) in [4.78, 5) is 0. The van der Waals surface area contributed by atoms with Crippen LogP contribution in [0.2, 0.25) is 0 Å². The molecular weight excluding hydrogens is 261 g/mol. The number of rotatable bonds is 0. The van der Waals surface area contributed by atoms with E-state index in [2.05, 4.69) is 0 Å². The van der Waals surface area contributed by atoms with E-state index >= 15 is 0 Å². The molecule has 17 heavy (non-hydrogen) atoms. The number of piperidine rings is 1. The molecular formula is C9H19ClNNaO5. The molecule has 98 valence electrons. The Labute approximate surface area is 126 Å². The fraction of sp³-hybridized carbons (Fsp3) is 1.00. The third-order valence-electron chi connectivity index (χ3n) is 2.68. The third kappa shape index (κ3) is 8.72. The van der Waals surface area contributed by atoms with Gasteiger partial charge in [0.05, 0.1) is 14.9 Å². The minimum atomic E-state index is -4.69. The molecule has 1 aliphatic rings. The second-order valence-electron chi connectivity index (χ2n) is 5.17. The van der Waals surface area contributed by atoms with E-state index in [1.54, 1.807) is 0 Å². The molecule has 6 nitrogen and oxygen atoms in total.